The standard InChI is InChI=1S/C27H31N5O5S/c1-16(2)23(27(36)37)32-26(35)22(15-38-14-18-9-5-4-6-10-18)31-24(33)17(3)29-25(34)21-13-28-19-11-7-8-12-20(19)30-21/h4-13,16-17,22-23H,14-15H2,1-3H3,(H,29,34)(H,31,33)(H,32,35)(H,36,37)/t17-,22-,23-/m0/s1. The highest BCUT2D eigenvalue weighted by Gasteiger charge is 2.30. The third-order valence-corrected chi connectivity index (χ3v) is 6.79. The van der Waals surface area contributed by atoms with Gasteiger partial charge < -0.3 is 21.1 Å². The lowest BCUT2D eigenvalue weighted by molar-refractivity contribution is -0.143. The zero-order chi connectivity index (χ0) is 27.7. The number of aromatic nitrogens is 2. The van der Waals surface area contributed by atoms with Gasteiger partial charge in [-0.3, -0.25) is 19.4 Å². The number of carboxylic acid groups (broad SMARTS) is 1. The van der Waals surface area contributed by atoms with E-state index in [4.69, 9.17) is 0 Å². The molecular weight excluding hydrogens is 506 g/mol. The van der Waals surface area contributed by atoms with E-state index in [0.717, 1.165) is 5.56 Å². The van der Waals surface area contributed by atoms with Gasteiger partial charge in [-0.1, -0.05) is 56.3 Å². The maximum Gasteiger partial charge on any atom is 0.326 e. The van der Waals surface area contributed by atoms with E-state index in [1.165, 1.54) is 24.9 Å². The maximum absolute atomic E-state index is 13.0. The number of para-hydroxylation sites is 2. The van der Waals surface area contributed by atoms with Crippen molar-refractivity contribution in [3.8, 4) is 0 Å². The van der Waals surface area contributed by atoms with Gasteiger partial charge in [0.1, 0.15) is 23.8 Å². The Hall–Kier alpha value is -3.99. The summed E-state index contributed by atoms with van der Waals surface area (Å²) in [5.41, 5.74) is 2.28. The molecular formula is C27H31N5O5S. The fraction of sp³-hybridized carbons (Fsp3) is 0.333. The summed E-state index contributed by atoms with van der Waals surface area (Å²) in [7, 11) is 0. The molecule has 0 spiro atoms. The van der Waals surface area contributed by atoms with Crippen molar-refractivity contribution in [2.75, 3.05) is 5.75 Å². The number of hydrogen-bond donors (Lipinski definition) is 4. The van der Waals surface area contributed by atoms with E-state index < -0.39 is 41.8 Å². The number of amides is 3. The molecule has 1 heterocycles. The molecule has 3 amide bonds. The van der Waals surface area contributed by atoms with Crippen molar-refractivity contribution in [1.29, 1.82) is 0 Å². The van der Waals surface area contributed by atoms with Gasteiger partial charge in [0.05, 0.1) is 17.2 Å². The zero-order valence-corrected chi connectivity index (χ0v) is 22.2. The van der Waals surface area contributed by atoms with Crippen LogP contribution in [0.25, 0.3) is 11.0 Å². The molecule has 0 fully saturated rings. The number of thioether (sulfide) groups is 1. The predicted molar refractivity (Wildman–Crippen MR) is 145 cm³/mol. The van der Waals surface area contributed by atoms with Gasteiger partial charge >= 0.3 is 5.97 Å². The quantitative estimate of drug-likeness (QED) is 0.275. The minimum absolute atomic E-state index is 0.0530. The lowest BCUT2D eigenvalue weighted by atomic mass is 10.0. The number of carbonyl (C=O) groups excluding carboxylic acids is 3. The number of carboxylic acids is 1. The third-order valence-electron chi connectivity index (χ3n) is 5.68. The summed E-state index contributed by atoms with van der Waals surface area (Å²) in [4.78, 5) is 58.8. The predicted octanol–water partition coefficient (Wildman–Crippen LogP) is 2.39. The van der Waals surface area contributed by atoms with Crippen molar-refractivity contribution in [3.05, 3.63) is 72.1 Å². The van der Waals surface area contributed by atoms with E-state index in [2.05, 4.69) is 25.9 Å². The number of carbonyl (C=O) groups is 4. The number of rotatable bonds is 12. The number of nitrogens with one attached hydrogen (secondary N) is 3. The Kier molecular flexibility index (Phi) is 10.2. The molecule has 0 saturated heterocycles. The van der Waals surface area contributed by atoms with Crippen LogP contribution in [-0.2, 0) is 20.1 Å². The molecule has 1 aromatic heterocycles. The summed E-state index contributed by atoms with van der Waals surface area (Å²) in [5, 5.41) is 17.2. The second-order valence-corrected chi connectivity index (χ2v) is 10.1. The van der Waals surface area contributed by atoms with Crippen molar-refractivity contribution in [2.45, 2.75) is 44.6 Å². The molecule has 3 rings (SSSR count). The Morgan fingerprint density at radius 2 is 1.53 bits per heavy atom. The van der Waals surface area contributed by atoms with E-state index in [0.29, 0.717) is 16.8 Å². The fourth-order valence-electron chi connectivity index (χ4n) is 3.52. The lowest BCUT2D eigenvalue weighted by Crippen LogP contribution is -2.56. The van der Waals surface area contributed by atoms with Gasteiger partial charge in [0.15, 0.2) is 0 Å². The Morgan fingerprint density at radius 1 is 0.868 bits per heavy atom. The first-order chi connectivity index (χ1) is 18.2. The van der Waals surface area contributed by atoms with E-state index in [1.54, 1.807) is 32.0 Å². The van der Waals surface area contributed by atoms with Crippen LogP contribution in [0.15, 0.2) is 60.8 Å². The molecule has 0 aliphatic heterocycles. The molecule has 3 atom stereocenters. The molecule has 2 aromatic carbocycles. The molecule has 38 heavy (non-hydrogen) atoms. The van der Waals surface area contributed by atoms with Gasteiger partial charge in [-0.25, -0.2) is 9.78 Å². The van der Waals surface area contributed by atoms with Gasteiger partial charge in [-0.05, 0) is 30.5 Å². The second-order valence-electron chi connectivity index (χ2n) is 9.07. The van der Waals surface area contributed by atoms with Gasteiger partial charge in [0.25, 0.3) is 5.91 Å². The van der Waals surface area contributed by atoms with E-state index in [9.17, 15) is 24.3 Å². The molecule has 3 aromatic rings. The first-order valence-electron chi connectivity index (χ1n) is 12.1. The smallest absolute Gasteiger partial charge is 0.326 e. The highest BCUT2D eigenvalue weighted by atomic mass is 32.2. The minimum atomic E-state index is -1.16. The Balaban J connectivity index is 1.66. The summed E-state index contributed by atoms with van der Waals surface area (Å²) in [6, 6.07) is 13.6. The normalized spacial score (nSPS) is 13.4. The van der Waals surface area contributed by atoms with Gasteiger partial charge in [0, 0.05) is 11.5 Å². The number of hydrogen-bond acceptors (Lipinski definition) is 7. The topological polar surface area (TPSA) is 150 Å². The summed E-state index contributed by atoms with van der Waals surface area (Å²) < 4.78 is 0. The minimum Gasteiger partial charge on any atom is -0.480 e. The lowest BCUT2D eigenvalue weighted by Gasteiger charge is -2.24. The fourth-order valence-corrected chi connectivity index (χ4v) is 4.54. The maximum atomic E-state index is 13.0. The van der Waals surface area contributed by atoms with Crippen LogP contribution >= 0.6 is 11.8 Å². The second kappa shape index (κ2) is 13.5. The van der Waals surface area contributed by atoms with Crippen molar-refractivity contribution in [3.63, 3.8) is 0 Å². The van der Waals surface area contributed by atoms with Crippen LogP contribution in [0.2, 0.25) is 0 Å². The van der Waals surface area contributed by atoms with E-state index in [-0.39, 0.29) is 17.4 Å². The Morgan fingerprint density at radius 3 is 2.18 bits per heavy atom. The molecule has 10 nitrogen and oxygen atoms in total. The third kappa shape index (κ3) is 8.01. The van der Waals surface area contributed by atoms with Crippen molar-refractivity contribution >= 4 is 46.5 Å². The summed E-state index contributed by atoms with van der Waals surface area (Å²) >= 11 is 1.42. The first-order valence-corrected chi connectivity index (χ1v) is 13.3. The molecule has 11 heteroatoms. The van der Waals surface area contributed by atoms with Gasteiger partial charge in [-0.15, -0.1) is 0 Å². The van der Waals surface area contributed by atoms with Crippen molar-refractivity contribution < 1.29 is 24.3 Å². The summed E-state index contributed by atoms with van der Waals surface area (Å²) in [6.07, 6.45) is 1.33. The van der Waals surface area contributed by atoms with Crippen LogP contribution in [0, 0.1) is 5.92 Å². The van der Waals surface area contributed by atoms with Crippen LogP contribution < -0.4 is 16.0 Å². The molecule has 0 aliphatic carbocycles. The van der Waals surface area contributed by atoms with Crippen LogP contribution in [0.5, 0.6) is 0 Å². The molecule has 0 saturated carbocycles. The van der Waals surface area contributed by atoms with Gasteiger partial charge in [0.2, 0.25) is 11.8 Å². The summed E-state index contributed by atoms with van der Waals surface area (Å²) in [6.45, 7) is 4.86. The monoisotopic (exact) mass is 537 g/mol. The highest BCUT2D eigenvalue weighted by molar-refractivity contribution is 7.98. The number of nitrogens with zero attached hydrogens (tertiary/aromatic N) is 2. The zero-order valence-electron chi connectivity index (χ0n) is 21.4. The van der Waals surface area contributed by atoms with Crippen LogP contribution in [-0.4, -0.2) is 62.6 Å². The SMILES string of the molecule is CC(C)[C@H](NC(=O)[C@H](CSCc1ccccc1)NC(=O)[C@H](C)NC(=O)c1cnc2ccccc2n1)C(=O)O. The molecule has 0 radical (unpaired) electrons. The first kappa shape index (κ1) is 28.6. The molecule has 0 bridgehead atoms. The van der Waals surface area contributed by atoms with Crippen LogP contribution in [0.3, 0.4) is 0 Å². The van der Waals surface area contributed by atoms with Crippen molar-refractivity contribution in [2.24, 2.45) is 5.92 Å². The molecule has 200 valence electrons. The average Bonchev–Trinajstić information content (AvgIpc) is 2.90. The number of fused-ring (bicyclic) bond motifs is 1. The highest BCUT2D eigenvalue weighted by Crippen LogP contribution is 2.14. The van der Waals surface area contributed by atoms with E-state index in [1.807, 2.05) is 36.4 Å². The van der Waals surface area contributed by atoms with Crippen LogP contribution in [0.4, 0.5) is 0 Å². The van der Waals surface area contributed by atoms with E-state index >= 15 is 0 Å². The summed E-state index contributed by atoms with van der Waals surface area (Å²) in [5.74, 6) is -2.51. The molecule has 0 aliphatic rings. The Bertz CT molecular complexity index is 1290. The number of aliphatic carboxylic acids is 1. The molecule has 4 N–H and O–H groups in total. The Labute approximate surface area is 225 Å². The van der Waals surface area contributed by atoms with Crippen molar-refractivity contribution in [1.82, 2.24) is 25.9 Å². The molecule has 0 unspecified atom stereocenters. The van der Waals surface area contributed by atoms with Gasteiger partial charge in [-0.2, -0.15) is 11.8 Å². The average molecular weight is 538 g/mol. The van der Waals surface area contributed by atoms with Crippen LogP contribution in [0.1, 0.15) is 36.8 Å². The largest absolute Gasteiger partial charge is 0.480 e. The number of benzene rings is 2.